The Hall–Kier alpha value is -1.35. The summed E-state index contributed by atoms with van der Waals surface area (Å²) in [7, 11) is -0.625. The van der Waals surface area contributed by atoms with Crippen molar-refractivity contribution in [3.63, 3.8) is 0 Å². The Morgan fingerprint density at radius 3 is 2.90 bits per heavy atom. The number of aliphatic hydroxyl groups is 1. The van der Waals surface area contributed by atoms with Gasteiger partial charge in [-0.1, -0.05) is 17.9 Å². The lowest BCUT2D eigenvalue weighted by Gasteiger charge is -2.25. The van der Waals surface area contributed by atoms with Crippen molar-refractivity contribution in [3.8, 4) is 17.6 Å². The molecule has 4 nitrogen and oxygen atoms in total. The summed E-state index contributed by atoms with van der Waals surface area (Å²) in [6, 6.07) is 7.68. The number of hydrogen-bond acceptors (Lipinski definition) is 4. The van der Waals surface area contributed by atoms with Crippen LogP contribution in [0, 0.1) is 11.8 Å². The molecular formula is C16H21NO3S. The van der Waals surface area contributed by atoms with E-state index in [1.165, 1.54) is 0 Å². The molecular weight excluding hydrogens is 286 g/mol. The largest absolute Gasteiger partial charge is 0.492 e. The van der Waals surface area contributed by atoms with Gasteiger partial charge in [-0.05, 0) is 18.2 Å². The third-order valence-electron chi connectivity index (χ3n) is 3.25. The molecule has 1 fully saturated rings. The highest BCUT2D eigenvalue weighted by atomic mass is 32.2. The number of ether oxygens (including phenoxy) is 1. The van der Waals surface area contributed by atoms with Crippen LogP contribution < -0.4 is 4.74 Å². The number of nitrogens with zero attached hydrogens (tertiary/aromatic N) is 1. The van der Waals surface area contributed by atoms with E-state index in [2.05, 4.69) is 16.7 Å². The fourth-order valence-corrected chi connectivity index (χ4v) is 3.20. The van der Waals surface area contributed by atoms with E-state index < -0.39 is 10.8 Å². The molecule has 1 aromatic carbocycles. The number of hydrogen-bond donors (Lipinski definition) is 1. The van der Waals surface area contributed by atoms with Gasteiger partial charge >= 0.3 is 0 Å². The van der Waals surface area contributed by atoms with Gasteiger partial charge in [0.05, 0.1) is 6.61 Å². The first-order valence-corrected chi connectivity index (χ1v) is 8.66. The standard InChI is InChI=1S/C16H21NO3S/c18-10-2-1-4-15-5-3-6-16(14-15)20-11-7-17-8-12-21(19)13-9-17/h3,5-6,14,18H,2,7-13H2. The summed E-state index contributed by atoms with van der Waals surface area (Å²) in [5, 5.41) is 8.70. The maximum absolute atomic E-state index is 11.3. The van der Waals surface area contributed by atoms with Crippen molar-refractivity contribution < 1.29 is 14.1 Å². The molecule has 2 rings (SSSR count). The minimum Gasteiger partial charge on any atom is -0.492 e. The molecule has 21 heavy (non-hydrogen) atoms. The van der Waals surface area contributed by atoms with Crippen LogP contribution in [0.25, 0.3) is 0 Å². The van der Waals surface area contributed by atoms with Crippen molar-refractivity contribution >= 4 is 10.8 Å². The molecule has 0 aromatic heterocycles. The molecule has 0 spiro atoms. The zero-order chi connectivity index (χ0) is 14.9. The Balaban J connectivity index is 1.77. The first-order valence-electron chi connectivity index (χ1n) is 7.18. The normalized spacial score (nSPS) is 16.2. The lowest BCUT2D eigenvalue weighted by molar-refractivity contribution is 0.221. The van der Waals surface area contributed by atoms with Crippen LogP contribution in [-0.4, -0.2) is 58.6 Å². The van der Waals surface area contributed by atoms with Crippen LogP contribution in [0.4, 0.5) is 0 Å². The van der Waals surface area contributed by atoms with Gasteiger partial charge in [0.25, 0.3) is 0 Å². The number of aliphatic hydroxyl groups excluding tert-OH is 1. The molecule has 114 valence electrons. The van der Waals surface area contributed by atoms with E-state index in [4.69, 9.17) is 9.84 Å². The minimum absolute atomic E-state index is 0.0871. The summed E-state index contributed by atoms with van der Waals surface area (Å²) in [4.78, 5) is 2.28. The highest BCUT2D eigenvalue weighted by Gasteiger charge is 2.14. The Kier molecular flexibility index (Phi) is 6.74. The van der Waals surface area contributed by atoms with Gasteiger partial charge < -0.3 is 9.84 Å². The molecule has 0 amide bonds. The van der Waals surface area contributed by atoms with Gasteiger partial charge in [0.1, 0.15) is 12.4 Å². The zero-order valence-corrected chi connectivity index (χ0v) is 12.9. The molecule has 1 aromatic rings. The van der Waals surface area contributed by atoms with Crippen molar-refractivity contribution in [3.05, 3.63) is 29.8 Å². The molecule has 1 heterocycles. The fraction of sp³-hybridized carbons (Fsp3) is 0.500. The van der Waals surface area contributed by atoms with Gasteiger partial charge in [0, 0.05) is 53.9 Å². The predicted octanol–water partition coefficient (Wildman–Crippen LogP) is 0.864. The van der Waals surface area contributed by atoms with Crippen LogP contribution in [0.3, 0.4) is 0 Å². The molecule has 1 aliphatic heterocycles. The lowest BCUT2D eigenvalue weighted by Crippen LogP contribution is -2.39. The number of rotatable bonds is 5. The van der Waals surface area contributed by atoms with Crippen molar-refractivity contribution in [2.24, 2.45) is 0 Å². The van der Waals surface area contributed by atoms with Gasteiger partial charge in [-0.15, -0.1) is 0 Å². The third-order valence-corrected chi connectivity index (χ3v) is 4.53. The summed E-state index contributed by atoms with van der Waals surface area (Å²) in [5.41, 5.74) is 0.898. The molecule has 1 aliphatic rings. The number of benzene rings is 1. The maximum atomic E-state index is 11.3. The summed E-state index contributed by atoms with van der Waals surface area (Å²) in [6.07, 6.45) is 0.488. The van der Waals surface area contributed by atoms with Gasteiger partial charge in [-0.2, -0.15) is 0 Å². The van der Waals surface area contributed by atoms with Crippen molar-refractivity contribution in [1.82, 2.24) is 4.90 Å². The summed E-state index contributed by atoms with van der Waals surface area (Å²) in [5.74, 6) is 8.25. The molecule has 0 bridgehead atoms. The summed E-state index contributed by atoms with van der Waals surface area (Å²) < 4.78 is 17.0. The second-order valence-electron chi connectivity index (χ2n) is 4.84. The first kappa shape index (κ1) is 16.0. The minimum atomic E-state index is -0.625. The highest BCUT2D eigenvalue weighted by molar-refractivity contribution is 7.85. The molecule has 0 saturated carbocycles. The second kappa shape index (κ2) is 8.83. The van der Waals surface area contributed by atoms with E-state index >= 15 is 0 Å². The Morgan fingerprint density at radius 2 is 2.14 bits per heavy atom. The van der Waals surface area contributed by atoms with Gasteiger partial charge in [-0.3, -0.25) is 9.11 Å². The van der Waals surface area contributed by atoms with Crippen molar-refractivity contribution in [2.45, 2.75) is 6.42 Å². The maximum Gasteiger partial charge on any atom is 0.120 e. The molecule has 0 aliphatic carbocycles. The van der Waals surface area contributed by atoms with E-state index in [1.807, 2.05) is 24.3 Å². The second-order valence-corrected chi connectivity index (χ2v) is 6.54. The predicted molar refractivity (Wildman–Crippen MR) is 84.8 cm³/mol. The van der Waals surface area contributed by atoms with Crippen molar-refractivity contribution in [1.29, 1.82) is 0 Å². The van der Waals surface area contributed by atoms with Crippen LogP contribution in [0.5, 0.6) is 5.75 Å². The Morgan fingerprint density at radius 1 is 1.33 bits per heavy atom. The molecule has 5 heteroatoms. The fourth-order valence-electron chi connectivity index (χ4n) is 2.08. The van der Waals surface area contributed by atoms with E-state index in [0.29, 0.717) is 13.0 Å². The average molecular weight is 307 g/mol. The van der Waals surface area contributed by atoms with Crippen LogP contribution >= 0.6 is 0 Å². The van der Waals surface area contributed by atoms with Crippen LogP contribution in [0.15, 0.2) is 24.3 Å². The molecule has 1 N–H and O–H groups in total. The quantitative estimate of drug-likeness (QED) is 0.820. The third kappa shape index (κ3) is 5.88. The Bertz CT molecular complexity index is 526. The van der Waals surface area contributed by atoms with Gasteiger partial charge in [-0.25, -0.2) is 0 Å². The van der Waals surface area contributed by atoms with Crippen molar-refractivity contribution in [2.75, 3.05) is 44.4 Å². The van der Waals surface area contributed by atoms with E-state index in [-0.39, 0.29) is 6.61 Å². The smallest absolute Gasteiger partial charge is 0.120 e. The van der Waals surface area contributed by atoms with Crippen LogP contribution in [-0.2, 0) is 10.8 Å². The SMILES string of the molecule is O=S1CCN(CCOc2cccc(C#CCCO)c2)CC1. The molecule has 0 atom stereocenters. The van der Waals surface area contributed by atoms with Crippen LogP contribution in [0.1, 0.15) is 12.0 Å². The van der Waals surface area contributed by atoms with E-state index in [0.717, 1.165) is 42.5 Å². The molecule has 1 saturated heterocycles. The van der Waals surface area contributed by atoms with E-state index in [1.54, 1.807) is 0 Å². The summed E-state index contributed by atoms with van der Waals surface area (Å²) in [6.45, 7) is 3.35. The van der Waals surface area contributed by atoms with Gasteiger partial charge in [0.2, 0.25) is 0 Å². The molecule has 0 unspecified atom stereocenters. The summed E-state index contributed by atoms with van der Waals surface area (Å²) >= 11 is 0. The van der Waals surface area contributed by atoms with E-state index in [9.17, 15) is 4.21 Å². The topological polar surface area (TPSA) is 49.8 Å². The highest BCUT2D eigenvalue weighted by Crippen LogP contribution is 2.12. The van der Waals surface area contributed by atoms with Crippen LogP contribution in [0.2, 0.25) is 0 Å². The van der Waals surface area contributed by atoms with Gasteiger partial charge in [0.15, 0.2) is 0 Å². The monoisotopic (exact) mass is 307 g/mol. The average Bonchev–Trinajstić information content (AvgIpc) is 2.50. The first-order chi connectivity index (χ1) is 10.3. The lowest BCUT2D eigenvalue weighted by atomic mass is 10.2. The molecule has 0 radical (unpaired) electrons. The zero-order valence-electron chi connectivity index (χ0n) is 12.1. The Labute approximate surface area is 128 Å².